The van der Waals surface area contributed by atoms with Crippen LogP contribution in [0.4, 0.5) is 5.82 Å². The lowest BCUT2D eigenvalue weighted by atomic mass is 10.00. The first kappa shape index (κ1) is 11.5. The van der Waals surface area contributed by atoms with E-state index in [-0.39, 0.29) is 0 Å². The van der Waals surface area contributed by atoms with Crippen LogP contribution < -0.4 is 10.5 Å². The molecule has 0 radical (unpaired) electrons. The number of aryl methyl sites for hydroxylation is 2. The summed E-state index contributed by atoms with van der Waals surface area (Å²) >= 11 is 0. The van der Waals surface area contributed by atoms with Gasteiger partial charge in [-0.25, -0.2) is 4.98 Å². The van der Waals surface area contributed by atoms with Gasteiger partial charge in [0, 0.05) is 17.3 Å². The molecule has 0 atom stereocenters. The Balaban J connectivity index is 2.62. The van der Waals surface area contributed by atoms with E-state index in [2.05, 4.69) is 18.0 Å². The molecule has 0 aliphatic rings. The monoisotopic (exact) mass is 228 g/mol. The van der Waals surface area contributed by atoms with Crippen LogP contribution >= 0.6 is 0 Å². The van der Waals surface area contributed by atoms with Crippen molar-refractivity contribution in [3.05, 3.63) is 41.6 Å². The summed E-state index contributed by atoms with van der Waals surface area (Å²) in [5, 5.41) is 0. The third kappa shape index (κ3) is 2.23. The fraction of sp³-hybridized carbons (Fsp3) is 0.214. The van der Waals surface area contributed by atoms with Crippen LogP contribution in [0.15, 0.2) is 30.5 Å². The standard InChI is InChI=1S/C14H16N2O/c1-9-4-5-13(17-3)11(6-9)12-8-16-14(15)7-10(12)2/h4-8H,1-3H3,(H2,15,16). The molecule has 3 nitrogen and oxygen atoms in total. The second-order valence-electron chi connectivity index (χ2n) is 4.13. The number of ether oxygens (including phenoxy) is 1. The van der Waals surface area contributed by atoms with Crippen LogP contribution in [0.2, 0.25) is 0 Å². The van der Waals surface area contributed by atoms with Crippen LogP contribution in [-0.2, 0) is 0 Å². The number of methoxy groups -OCH3 is 1. The quantitative estimate of drug-likeness (QED) is 0.859. The van der Waals surface area contributed by atoms with Gasteiger partial charge in [0.2, 0.25) is 0 Å². The molecule has 88 valence electrons. The van der Waals surface area contributed by atoms with Gasteiger partial charge in [-0.1, -0.05) is 11.6 Å². The molecule has 0 aliphatic carbocycles. The lowest BCUT2D eigenvalue weighted by Gasteiger charge is -2.12. The maximum absolute atomic E-state index is 5.66. The Morgan fingerprint density at radius 1 is 1.12 bits per heavy atom. The van der Waals surface area contributed by atoms with Crippen molar-refractivity contribution in [2.24, 2.45) is 0 Å². The Bertz CT molecular complexity index is 550. The third-order valence-electron chi connectivity index (χ3n) is 2.78. The molecular weight excluding hydrogens is 212 g/mol. The molecular formula is C14H16N2O. The summed E-state index contributed by atoms with van der Waals surface area (Å²) in [6, 6.07) is 7.97. The topological polar surface area (TPSA) is 48.1 Å². The number of pyridine rings is 1. The van der Waals surface area contributed by atoms with E-state index < -0.39 is 0 Å². The van der Waals surface area contributed by atoms with E-state index in [1.54, 1.807) is 13.3 Å². The lowest BCUT2D eigenvalue weighted by molar-refractivity contribution is 0.416. The fourth-order valence-corrected chi connectivity index (χ4v) is 1.89. The molecule has 0 bridgehead atoms. The number of hydrogen-bond donors (Lipinski definition) is 1. The van der Waals surface area contributed by atoms with Gasteiger partial charge < -0.3 is 10.5 Å². The minimum atomic E-state index is 0.540. The highest BCUT2D eigenvalue weighted by molar-refractivity contribution is 5.74. The largest absolute Gasteiger partial charge is 0.496 e. The predicted molar refractivity (Wildman–Crippen MR) is 70.1 cm³/mol. The molecule has 0 spiro atoms. The van der Waals surface area contributed by atoms with Crippen molar-refractivity contribution in [1.82, 2.24) is 4.98 Å². The normalized spacial score (nSPS) is 10.3. The van der Waals surface area contributed by atoms with Crippen LogP contribution in [0, 0.1) is 13.8 Å². The van der Waals surface area contributed by atoms with Gasteiger partial charge in [0.25, 0.3) is 0 Å². The van der Waals surface area contributed by atoms with Gasteiger partial charge >= 0.3 is 0 Å². The number of nitrogen functional groups attached to an aromatic ring is 1. The van der Waals surface area contributed by atoms with Gasteiger partial charge in [0.1, 0.15) is 11.6 Å². The molecule has 0 saturated carbocycles. The maximum atomic E-state index is 5.66. The van der Waals surface area contributed by atoms with Crippen molar-refractivity contribution < 1.29 is 4.74 Å². The Kier molecular flexibility index (Phi) is 3.00. The van der Waals surface area contributed by atoms with Crippen molar-refractivity contribution in [2.75, 3.05) is 12.8 Å². The number of aromatic nitrogens is 1. The molecule has 17 heavy (non-hydrogen) atoms. The van der Waals surface area contributed by atoms with E-state index in [0.717, 1.165) is 22.4 Å². The van der Waals surface area contributed by atoms with Gasteiger partial charge in [0.05, 0.1) is 7.11 Å². The molecule has 2 rings (SSSR count). The van der Waals surface area contributed by atoms with E-state index in [0.29, 0.717) is 5.82 Å². The van der Waals surface area contributed by atoms with Gasteiger partial charge in [0.15, 0.2) is 0 Å². The molecule has 1 heterocycles. The summed E-state index contributed by atoms with van der Waals surface area (Å²) in [7, 11) is 1.67. The zero-order valence-corrected chi connectivity index (χ0v) is 10.3. The first-order chi connectivity index (χ1) is 8.11. The van der Waals surface area contributed by atoms with Gasteiger partial charge in [-0.2, -0.15) is 0 Å². The second-order valence-corrected chi connectivity index (χ2v) is 4.13. The number of nitrogens with two attached hydrogens (primary N) is 1. The molecule has 3 heteroatoms. The molecule has 0 aliphatic heterocycles. The summed E-state index contributed by atoms with van der Waals surface area (Å²) in [5.41, 5.74) is 10.1. The molecule has 1 aromatic carbocycles. The minimum absolute atomic E-state index is 0.540. The highest BCUT2D eigenvalue weighted by Crippen LogP contribution is 2.32. The molecule has 2 N–H and O–H groups in total. The van der Waals surface area contributed by atoms with Crippen molar-refractivity contribution >= 4 is 5.82 Å². The smallest absolute Gasteiger partial charge is 0.126 e. The number of anilines is 1. The van der Waals surface area contributed by atoms with E-state index >= 15 is 0 Å². The zero-order chi connectivity index (χ0) is 12.4. The number of nitrogens with zero attached hydrogens (tertiary/aromatic N) is 1. The molecule has 0 amide bonds. The van der Waals surface area contributed by atoms with Crippen LogP contribution in [-0.4, -0.2) is 12.1 Å². The van der Waals surface area contributed by atoms with E-state index in [4.69, 9.17) is 10.5 Å². The highest BCUT2D eigenvalue weighted by Gasteiger charge is 2.09. The number of hydrogen-bond acceptors (Lipinski definition) is 3. The number of benzene rings is 1. The van der Waals surface area contributed by atoms with Crippen LogP contribution in [0.25, 0.3) is 11.1 Å². The Morgan fingerprint density at radius 2 is 1.88 bits per heavy atom. The highest BCUT2D eigenvalue weighted by atomic mass is 16.5. The van der Waals surface area contributed by atoms with Crippen LogP contribution in [0.1, 0.15) is 11.1 Å². The SMILES string of the molecule is COc1ccc(C)cc1-c1cnc(N)cc1C. The minimum Gasteiger partial charge on any atom is -0.496 e. The van der Waals surface area contributed by atoms with Gasteiger partial charge in [-0.05, 0) is 37.6 Å². The summed E-state index contributed by atoms with van der Waals surface area (Å²) in [4.78, 5) is 4.14. The zero-order valence-electron chi connectivity index (χ0n) is 10.3. The molecule has 0 fully saturated rings. The second kappa shape index (κ2) is 4.45. The fourth-order valence-electron chi connectivity index (χ4n) is 1.89. The van der Waals surface area contributed by atoms with Crippen molar-refractivity contribution in [3.8, 4) is 16.9 Å². The van der Waals surface area contributed by atoms with E-state index in [1.807, 2.05) is 25.1 Å². The van der Waals surface area contributed by atoms with E-state index in [1.165, 1.54) is 5.56 Å². The third-order valence-corrected chi connectivity index (χ3v) is 2.78. The molecule has 1 aromatic heterocycles. The maximum Gasteiger partial charge on any atom is 0.126 e. The summed E-state index contributed by atoms with van der Waals surface area (Å²) in [6.07, 6.45) is 1.79. The summed E-state index contributed by atoms with van der Waals surface area (Å²) in [5.74, 6) is 1.39. The van der Waals surface area contributed by atoms with Crippen molar-refractivity contribution in [1.29, 1.82) is 0 Å². The van der Waals surface area contributed by atoms with Crippen LogP contribution in [0.3, 0.4) is 0 Å². The molecule has 0 unspecified atom stereocenters. The average Bonchev–Trinajstić information content (AvgIpc) is 2.29. The first-order valence-electron chi connectivity index (χ1n) is 5.49. The van der Waals surface area contributed by atoms with Gasteiger partial charge in [-0.15, -0.1) is 0 Å². The first-order valence-corrected chi connectivity index (χ1v) is 5.49. The average molecular weight is 228 g/mol. The summed E-state index contributed by atoms with van der Waals surface area (Å²) in [6.45, 7) is 4.08. The van der Waals surface area contributed by atoms with Crippen molar-refractivity contribution in [3.63, 3.8) is 0 Å². The number of rotatable bonds is 2. The van der Waals surface area contributed by atoms with Crippen molar-refractivity contribution in [2.45, 2.75) is 13.8 Å². The van der Waals surface area contributed by atoms with Crippen LogP contribution in [0.5, 0.6) is 5.75 Å². The molecule has 2 aromatic rings. The van der Waals surface area contributed by atoms with Gasteiger partial charge in [-0.3, -0.25) is 0 Å². The Labute approximate surface area is 101 Å². The Morgan fingerprint density at radius 3 is 2.53 bits per heavy atom. The Hall–Kier alpha value is -2.03. The summed E-state index contributed by atoms with van der Waals surface area (Å²) < 4.78 is 5.38. The lowest BCUT2D eigenvalue weighted by Crippen LogP contribution is -1.95. The predicted octanol–water partition coefficient (Wildman–Crippen LogP) is 2.96. The van der Waals surface area contributed by atoms with E-state index in [9.17, 15) is 0 Å². The molecule has 0 saturated heterocycles.